The highest BCUT2D eigenvalue weighted by atomic mass is 32.2. The molecule has 0 aliphatic rings. The van der Waals surface area contributed by atoms with Crippen LogP contribution in [0.25, 0.3) is 10.8 Å². The average Bonchev–Trinajstić information content (AvgIpc) is 3.37. The first-order valence-electron chi connectivity index (χ1n) is 12.5. The summed E-state index contributed by atoms with van der Waals surface area (Å²) < 4.78 is 31.2. The van der Waals surface area contributed by atoms with E-state index in [9.17, 15) is 13.2 Å². The number of fused-ring (bicyclic) bond motifs is 1. The van der Waals surface area contributed by atoms with Crippen molar-refractivity contribution in [2.75, 3.05) is 11.4 Å². The van der Waals surface area contributed by atoms with Crippen LogP contribution in [0.3, 0.4) is 0 Å². The fourth-order valence-electron chi connectivity index (χ4n) is 4.51. The quantitative estimate of drug-likeness (QED) is 0.320. The smallest absolute Gasteiger partial charge is 0.240 e. The highest BCUT2D eigenvalue weighted by Gasteiger charge is 2.31. The summed E-state index contributed by atoms with van der Waals surface area (Å²) in [5.41, 5.74) is 1.52. The monoisotopic (exact) mass is 529 g/mol. The second kappa shape index (κ2) is 11.6. The molecule has 196 valence electrons. The Balaban J connectivity index is 1.61. The number of amides is 1. The van der Waals surface area contributed by atoms with E-state index >= 15 is 0 Å². The number of benzene rings is 3. The molecule has 0 fully saturated rings. The van der Waals surface area contributed by atoms with Gasteiger partial charge in [-0.15, -0.1) is 0 Å². The first-order chi connectivity index (χ1) is 18.2. The molecular formula is C29H31N5O3S. The number of nitriles is 1. The lowest BCUT2D eigenvalue weighted by molar-refractivity contribution is -0.117. The number of nitrogens with one attached hydrogen (secondary N) is 1. The van der Waals surface area contributed by atoms with E-state index < -0.39 is 16.1 Å². The fraction of sp³-hybridized carbons (Fsp3) is 0.276. The summed E-state index contributed by atoms with van der Waals surface area (Å²) in [7, 11) is -3.82. The number of aromatic nitrogens is 2. The Morgan fingerprint density at radius 3 is 2.47 bits per heavy atom. The van der Waals surface area contributed by atoms with Gasteiger partial charge in [0.1, 0.15) is 5.82 Å². The standard InChI is InChI=1S/C29H31N5O3S/c1-4-21(2)28(17-32-38(36,37)27-14-13-25-7-5-6-8-26(25)15-27)34(22(3)35)29-18-31-20-33(29)19-24-11-9-23(16-30)10-12-24/h5-15,18,20-21,28,32H,4,17,19H2,1-3H3/t21-,28+/m0/s1. The molecule has 0 aliphatic carbocycles. The van der Waals surface area contributed by atoms with Gasteiger partial charge < -0.3 is 4.57 Å². The summed E-state index contributed by atoms with van der Waals surface area (Å²) in [5, 5.41) is 10.9. The molecule has 1 amide bonds. The third-order valence-electron chi connectivity index (χ3n) is 6.86. The normalized spacial score (nSPS) is 13.1. The molecule has 38 heavy (non-hydrogen) atoms. The van der Waals surface area contributed by atoms with Crippen molar-refractivity contribution in [3.05, 3.63) is 90.4 Å². The average molecular weight is 530 g/mol. The molecule has 0 radical (unpaired) electrons. The molecule has 0 aliphatic heterocycles. The van der Waals surface area contributed by atoms with Gasteiger partial charge in [0.2, 0.25) is 15.9 Å². The van der Waals surface area contributed by atoms with Gasteiger partial charge in [0.25, 0.3) is 0 Å². The first kappa shape index (κ1) is 27.0. The minimum absolute atomic E-state index is 0.00327. The number of carbonyl (C=O) groups excluding carboxylic acids is 1. The maximum Gasteiger partial charge on any atom is 0.240 e. The van der Waals surface area contributed by atoms with E-state index in [1.807, 2.05) is 54.8 Å². The topological polar surface area (TPSA) is 108 Å². The van der Waals surface area contributed by atoms with Crippen molar-refractivity contribution in [1.82, 2.24) is 14.3 Å². The molecule has 1 aromatic heterocycles. The van der Waals surface area contributed by atoms with Crippen LogP contribution < -0.4 is 9.62 Å². The zero-order valence-electron chi connectivity index (χ0n) is 21.7. The summed E-state index contributed by atoms with van der Waals surface area (Å²) in [6.45, 7) is 5.99. The minimum Gasteiger partial charge on any atom is -0.313 e. The number of hydrogen-bond donors (Lipinski definition) is 1. The zero-order chi connectivity index (χ0) is 27.3. The van der Waals surface area contributed by atoms with Crippen LogP contribution in [-0.2, 0) is 21.4 Å². The third kappa shape index (κ3) is 5.93. The molecule has 4 aromatic rings. The molecule has 4 rings (SSSR count). The number of anilines is 1. The molecule has 9 heteroatoms. The Bertz CT molecular complexity index is 1570. The highest BCUT2D eigenvalue weighted by Crippen LogP contribution is 2.25. The Morgan fingerprint density at radius 2 is 1.82 bits per heavy atom. The van der Waals surface area contributed by atoms with E-state index in [0.29, 0.717) is 17.9 Å². The van der Waals surface area contributed by atoms with Crippen LogP contribution in [-0.4, -0.2) is 36.5 Å². The van der Waals surface area contributed by atoms with E-state index in [2.05, 4.69) is 15.8 Å². The molecular weight excluding hydrogens is 498 g/mol. The summed E-state index contributed by atoms with van der Waals surface area (Å²) >= 11 is 0. The second-order valence-electron chi connectivity index (χ2n) is 9.39. The summed E-state index contributed by atoms with van der Waals surface area (Å²) in [6, 6.07) is 21.5. The Kier molecular flexibility index (Phi) is 8.25. The first-order valence-corrected chi connectivity index (χ1v) is 14.0. The van der Waals surface area contributed by atoms with Gasteiger partial charge in [-0.05, 0) is 46.5 Å². The van der Waals surface area contributed by atoms with Crippen LogP contribution in [0.1, 0.15) is 38.3 Å². The van der Waals surface area contributed by atoms with Gasteiger partial charge in [0, 0.05) is 13.5 Å². The molecule has 0 bridgehead atoms. The maximum absolute atomic E-state index is 13.3. The van der Waals surface area contributed by atoms with Gasteiger partial charge in [-0.1, -0.05) is 62.7 Å². The SMILES string of the molecule is CC[C@H](C)[C@@H](CNS(=O)(=O)c1ccc2ccccc2c1)N(C(C)=O)c1cncn1Cc1ccc(C#N)cc1. The van der Waals surface area contributed by atoms with E-state index in [0.717, 1.165) is 22.8 Å². The predicted octanol–water partition coefficient (Wildman–Crippen LogP) is 4.70. The molecule has 3 aromatic carbocycles. The van der Waals surface area contributed by atoms with E-state index in [1.165, 1.54) is 6.92 Å². The van der Waals surface area contributed by atoms with Crippen molar-refractivity contribution in [3.8, 4) is 6.07 Å². The van der Waals surface area contributed by atoms with E-state index in [-0.39, 0.29) is 23.3 Å². The lowest BCUT2D eigenvalue weighted by Crippen LogP contribution is -2.50. The molecule has 0 saturated carbocycles. The van der Waals surface area contributed by atoms with Crippen LogP contribution in [0.15, 0.2) is 84.1 Å². The van der Waals surface area contributed by atoms with Crippen LogP contribution in [0.5, 0.6) is 0 Å². The van der Waals surface area contributed by atoms with Gasteiger partial charge in [0.15, 0.2) is 0 Å². The van der Waals surface area contributed by atoms with Crippen molar-refractivity contribution in [2.24, 2.45) is 5.92 Å². The lowest BCUT2D eigenvalue weighted by atomic mass is 9.97. The molecule has 0 unspecified atom stereocenters. The fourth-order valence-corrected chi connectivity index (χ4v) is 5.60. The van der Waals surface area contributed by atoms with Crippen molar-refractivity contribution < 1.29 is 13.2 Å². The Morgan fingerprint density at radius 1 is 1.11 bits per heavy atom. The number of hydrogen-bond acceptors (Lipinski definition) is 5. The molecule has 2 atom stereocenters. The molecule has 1 N–H and O–H groups in total. The molecule has 0 saturated heterocycles. The number of rotatable bonds is 10. The molecule has 0 spiro atoms. The van der Waals surface area contributed by atoms with Gasteiger partial charge >= 0.3 is 0 Å². The van der Waals surface area contributed by atoms with Crippen LogP contribution in [0.4, 0.5) is 5.82 Å². The van der Waals surface area contributed by atoms with E-state index in [1.54, 1.807) is 47.8 Å². The summed E-state index contributed by atoms with van der Waals surface area (Å²) in [4.78, 5) is 19.1. The Labute approximate surface area is 223 Å². The second-order valence-corrected chi connectivity index (χ2v) is 11.2. The summed E-state index contributed by atoms with van der Waals surface area (Å²) in [6.07, 6.45) is 4.02. The van der Waals surface area contributed by atoms with E-state index in [4.69, 9.17) is 5.26 Å². The van der Waals surface area contributed by atoms with Crippen molar-refractivity contribution in [2.45, 2.75) is 44.7 Å². The predicted molar refractivity (Wildman–Crippen MR) is 148 cm³/mol. The number of carbonyl (C=O) groups is 1. The van der Waals surface area contributed by atoms with Crippen molar-refractivity contribution >= 4 is 32.5 Å². The number of imidazole rings is 1. The maximum atomic E-state index is 13.3. The number of nitrogens with zero attached hydrogens (tertiary/aromatic N) is 4. The molecule has 8 nitrogen and oxygen atoms in total. The molecule has 1 heterocycles. The van der Waals surface area contributed by atoms with Crippen LogP contribution >= 0.6 is 0 Å². The number of sulfonamides is 1. The Hall–Kier alpha value is -4.00. The van der Waals surface area contributed by atoms with Crippen LogP contribution in [0.2, 0.25) is 0 Å². The van der Waals surface area contributed by atoms with Crippen molar-refractivity contribution in [1.29, 1.82) is 5.26 Å². The van der Waals surface area contributed by atoms with Gasteiger partial charge in [-0.2, -0.15) is 5.26 Å². The largest absolute Gasteiger partial charge is 0.313 e. The minimum atomic E-state index is -3.82. The highest BCUT2D eigenvalue weighted by molar-refractivity contribution is 7.89. The van der Waals surface area contributed by atoms with Gasteiger partial charge in [0.05, 0.1) is 41.6 Å². The van der Waals surface area contributed by atoms with Gasteiger partial charge in [-0.3, -0.25) is 9.69 Å². The zero-order valence-corrected chi connectivity index (χ0v) is 22.5. The van der Waals surface area contributed by atoms with Crippen LogP contribution in [0, 0.1) is 17.2 Å². The van der Waals surface area contributed by atoms with Gasteiger partial charge in [-0.25, -0.2) is 18.1 Å². The third-order valence-corrected chi connectivity index (χ3v) is 8.28. The lowest BCUT2D eigenvalue weighted by Gasteiger charge is -2.35. The summed E-state index contributed by atoms with van der Waals surface area (Å²) in [5.74, 6) is 0.371. The van der Waals surface area contributed by atoms with Crippen molar-refractivity contribution in [3.63, 3.8) is 0 Å².